The van der Waals surface area contributed by atoms with E-state index < -0.39 is 0 Å². The van der Waals surface area contributed by atoms with Crippen LogP contribution in [0.5, 0.6) is 0 Å². The second-order valence-corrected chi connectivity index (χ2v) is 11.7. The zero-order valence-electron chi connectivity index (χ0n) is 32.7. The number of rotatable bonds is 16. The summed E-state index contributed by atoms with van der Waals surface area (Å²) < 4.78 is 0. The van der Waals surface area contributed by atoms with E-state index in [1.165, 1.54) is 109 Å². The van der Waals surface area contributed by atoms with E-state index >= 15 is 0 Å². The Morgan fingerprint density at radius 1 is 0.683 bits per heavy atom. The minimum Gasteiger partial charge on any atom is -0.317 e. The molecule has 0 aliphatic heterocycles. The number of hydrogen-bond donors (Lipinski definition) is 1. The third kappa shape index (κ3) is 34.1. The molecule has 0 spiro atoms. The average Bonchev–Trinajstić information content (AvgIpc) is 3.38. The highest BCUT2D eigenvalue weighted by molar-refractivity contribution is 4.95. The predicted octanol–water partition coefficient (Wildman–Crippen LogP) is 14.9. The van der Waals surface area contributed by atoms with Gasteiger partial charge in [0.25, 0.3) is 0 Å². The lowest BCUT2D eigenvalue weighted by molar-refractivity contribution is 0.0718. The first-order valence-electron chi connectivity index (χ1n) is 19.0. The summed E-state index contributed by atoms with van der Waals surface area (Å²) in [4.78, 5) is 0. The second-order valence-electron chi connectivity index (χ2n) is 11.7. The van der Waals surface area contributed by atoms with Crippen LogP contribution in [-0.2, 0) is 0 Å². The molecule has 1 heteroatoms. The van der Waals surface area contributed by atoms with Crippen LogP contribution in [0.15, 0.2) is 13.2 Å². The number of nitrogens with one attached hydrogen (secondary N) is 1. The molecule has 0 bridgehead atoms. The van der Waals surface area contributed by atoms with Crippen molar-refractivity contribution in [1.29, 1.82) is 0 Å². The predicted molar refractivity (Wildman–Crippen MR) is 201 cm³/mol. The van der Waals surface area contributed by atoms with E-state index in [1.807, 2.05) is 41.5 Å². The maximum absolute atomic E-state index is 3.67. The second kappa shape index (κ2) is 46.7. The van der Waals surface area contributed by atoms with Gasteiger partial charge in [-0.25, -0.2) is 0 Å². The lowest BCUT2D eigenvalue weighted by atomic mass is 9.63. The highest BCUT2D eigenvalue weighted by atomic mass is 14.8. The monoisotopic (exact) mass is 586 g/mol. The summed E-state index contributed by atoms with van der Waals surface area (Å²) in [6.45, 7) is 43.5. The SMILES string of the molecule is C=C.CC.CC.CC.CCC.CCCC(C)C.CCCCC(C)CCC1(C(CCC)CCNCCC)CCCC1C. The number of hydrogen-bond acceptors (Lipinski definition) is 1. The molecule has 0 heterocycles. The first kappa shape index (κ1) is 53.3. The highest BCUT2D eigenvalue weighted by Crippen LogP contribution is 2.54. The molecule has 0 aromatic heterocycles. The normalized spacial score (nSPS) is 18.0. The minimum atomic E-state index is 0.657. The fourth-order valence-corrected chi connectivity index (χ4v) is 5.89. The van der Waals surface area contributed by atoms with Gasteiger partial charge in [0.15, 0.2) is 0 Å². The molecule has 0 aromatic carbocycles. The molecule has 0 aromatic rings. The Hall–Kier alpha value is -0.300. The zero-order valence-corrected chi connectivity index (χ0v) is 32.7. The standard InChI is InChI=1S/C23H47N.C6H14.C3H8.3C2H6.C2H4/c1-6-9-12-20(4)14-17-23(16-10-13-21(23)5)22(11-7-2)15-19-24-18-8-3;1-4-5-6(2)3;1-3-2;4*1-2/h20-22,24H,6-19H2,1-5H3;6H,4-5H2,1-3H3;3H2,1-2H3;3*1-2H3;1-2H2. The molecule has 1 saturated carbocycles. The van der Waals surface area contributed by atoms with E-state index in [2.05, 4.69) is 87.7 Å². The molecule has 4 atom stereocenters. The van der Waals surface area contributed by atoms with Crippen LogP contribution < -0.4 is 5.32 Å². The minimum absolute atomic E-state index is 0.657. The first-order valence-corrected chi connectivity index (χ1v) is 19.0. The van der Waals surface area contributed by atoms with Crippen molar-refractivity contribution in [2.75, 3.05) is 13.1 Å². The molecular weight excluding hydrogens is 494 g/mol. The fourth-order valence-electron chi connectivity index (χ4n) is 5.89. The Balaban J connectivity index is -0.000000150. The third-order valence-corrected chi connectivity index (χ3v) is 7.83. The lowest BCUT2D eigenvalue weighted by Gasteiger charge is -2.43. The molecule has 4 unspecified atom stereocenters. The summed E-state index contributed by atoms with van der Waals surface area (Å²) in [7, 11) is 0. The molecular formula is C40H91N. The van der Waals surface area contributed by atoms with Crippen molar-refractivity contribution in [3.63, 3.8) is 0 Å². The third-order valence-electron chi connectivity index (χ3n) is 7.83. The summed E-state index contributed by atoms with van der Waals surface area (Å²) in [5.41, 5.74) is 0.657. The lowest BCUT2D eigenvalue weighted by Crippen LogP contribution is -2.36. The van der Waals surface area contributed by atoms with Crippen molar-refractivity contribution in [1.82, 2.24) is 5.32 Å². The Morgan fingerprint density at radius 3 is 1.54 bits per heavy atom. The maximum atomic E-state index is 3.67. The molecule has 256 valence electrons. The maximum Gasteiger partial charge on any atom is -0.00461 e. The van der Waals surface area contributed by atoms with E-state index in [-0.39, 0.29) is 0 Å². The summed E-state index contributed by atoms with van der Waals surface area (Å²) in [6, 6.07) is 0. The quantitative estimate of drug-likeness (QED) is 0.140. The smallest absolute Gasteiger partial charge is 0.00461 e. The van der Waals surface area contributed by atoms with E-state index in [4.69, 9.17) is 0 Å². The highest BCUT2D eigenvalue weighted by Gasteiger charge is 2.44. The van der Waals surface area contributed by atoms with Gasteiger partial charge >= 0.3 is 0 Å². The molecule has 0 saturated heterocycles. The molecule has 1 aliphatic rings. The molecule has 1 rings (SSSR count). The molecule has 0 radical (unpaired) electrons. The van der Waals surface area contributed by atoms with Crippen LogP contribution in [0.4, 0.5) is 0 Å². The van der Waals surface area contributed by atoms with Crippen LogP contribution in [0, 0.1) is 29.1 Å². The van der Waals surface area contributed by atoms with Crippen LogP contribution >= 0.6 is 0 Å². The van der Waals surface area contributed by atoms with Crippen LogP contribution in [0.25, 0.3) is 0 Å². The Kier molecular flexibility index (Phi) is 60.6. The van der Waals surface area contributed by atoms with E-state index in [0.29, 0.717) is 5.41 Å². The van der Waals surface area contributed by atoms with Crippen molar-refractivity contribution in [3.05, 3.63) is 13.2 Å². The van der Waals surface area contributed by atoms with E-state index in [9.17, 15) is 0 Å². The molecule has 1 fully saturated rings. The Bertz CT molecular complexity index is 390. The van der Waals surface area contributed by atoms with Crippen LogP contribution in [0.3, 0.4) is 0 Å². The van der Waals surface area contributed by atoms with Gasteiger partial charge in [0.05, 0.1) is 0 Å². The molecule has 1 N–H and O–H groups in total. The van der Waals surface area contributed by atoms with Gasteiger partial charge in [-0.15, -0.1) is 13.2 Å². The van der Waals surface area contributed by atoms with Gasteiger partial charge in [0.1, 0.15) is 0 Å². The summed E-state index contributed by atoms with van der Waals surface area (Å²) in [6.07, 6.45) is 21.1. The summed E-state index contributed by atoms with van der Waals surface area (Å²) in [5.74, 6) is 3.71. The van der Waals surface area contributed by atoms with Gasteiger partial charge in [0, 0.05) is 0 Å². The van der Waals surface area contributed by atoms with Gasteiger partial charge in [-0.1, -0.05) is 181 Å². The Labute approximate surface area is 267 Å². The zero-order chi connectivity index (χ0) is 33.5. The van der Waals surface area contributed by atoms with Crippen molar-refractivity contribution in [2.24, 2.45) is 29.1 Å². The molecule has 41 heavy (non-hydrogen) atoms. The summed E-state index contributed by atoms with van der Waals surface area (Å²) in [5, 5.41) is 3.67. The Morgan fingerprint density at radius 2 is 1.20 bits per heavy atom. The van der Waals surface area contributed by atoms with Gasteiger partial charge < -0.3 is 5.32 Å². The number of unbranched alkanes of at least 4 members (excludes halogenated alkanes) is 1. The fraction of sp³-hybridized carbons (Fsp3) is 0.950. The topological polar surface area (TPSA) is 12.0 Å². The summed E-state index contributed by atoms with van der Waals surface area (Å²) >= 11 is 0. The van der Waals surface area contributed by atoms with Gasteiger partial charge in [-0.3, -0.25) is 0 Å². The van der Waals surface area contributed by atoms with E-state index in [0.717, 1.165) is 23.7 Å². The van der Waals surface area contributed by atoms with Crippen LogP contribution in [0.2, 0.25) is 0 Å². The molecule has 1 aliphatic carbocycles. The molecule has 1 nitrogen and oxygen atoms in total. The van der Waals surface area contributed by atoms with Gasteiger partial charge in [-0.2, -0.15) is 0 Å². The van der Waals surface area contributed by atoms with E-state index in [1.54, 1.807) is 0 Å². The van der Waals surface area contributed by atoms with Gasteiger partial charge in [0.2, 0.25) is 0 Å². The first-order chi connectivity index (χ1) is 19.8. The van der Waals surface area contributed by atoms with Crippen molar-refractivity contribution >= 4 is 0 Å². The van der Waals surface area contributed by atoms with Crippen LogP contribution in [0.1, 0.15) is 207 Å². The van der Waals surface area contributed by atoms with Crippen molar-refractivity contribution in [2.45, 2.75) is 207 Å². The van der Waals surface area contributed by atoms with Crippen molar-refractivity contribution < 1.29 is 0 Å². The largest absolute Gasteiger partial charge is 0.317 e. The van der Waals surface area contributed by atoms with Crippen molar-refractivity contribution in [3.8, 4) is 0 Å². The average molecular weight is 586 g/mol. The van der Waals surface area contributed by atoms with Crippen LogP contribution in [-0.4, -0.2) is 13.1 Å². The van der Waals surface area contributed by atoms with Gasteiger partial charge in [-0.05, 0) is 67.9 Å². The molecule has 0 amide bonds.